The largest absolute Gasteiger partial charge is 0.327 e. The van der Waals surface area contributed by atoms with E-state index < -0.39 is 0 Å². The van der Waals surface area contributed by atoms with E-state index in [0.717, 1.165) is 23.6 Å². The Bertz CT molecular complexity index is 554. The van der Waals surface area contributed by atoms with Crippen LogP contribution in [0.5, 0.6) is 0 Å². The second-order valence-electron chi connectivity index (χ2n) is 4.68. The number of benzene rings is 1. The van der Waals surface area contributed by atoms with Crippen molar-refractivity contribution in [3.8, 4) is 0 Å². The number of nitrogens with one attached hydrogen (secondary N) is 1. The van der Waals surface area contributed by atoms with E-state index in [1.807, 2.05) is 43.3 Å². The van der Waals surface area contributed by atoms with Crippen molar-refractivity contribution in [2.24, 2.45) is 0 Å². The van der Waals surface area contributed by atoms with Crippen LogP contribution in [-0.2, 0) is 0 Å². The van der Waals surface area contributed by atoms with Crippen LogP contribution in [0.2, 0.25) is 0 Å². The second-order valence-corrected chi connectivity index (χ2v) is 4.68. The maximum atomic E-state index is 13.3. The zero-order valence-electron chi connectivity index (χ0n) is 12.1. The van der Waals surface area contributed by atoms with E-state index in [2.05, 4.69) is 17.2 Å². The van der Waals surface area contributed by atoms with Gasteiger partial charge < -0.3 is 10.2 Å². The van der Waals surface area contributed by atoms with Crippen LogP contribution in [0.1, 0.15) is 25.5 Å². The fraction of sp³-hybridized carbons (Fsp3) is 0.312. The van der Waals surface area contributed by atoms with Crippen molar-refractivity contribution in [1.29, 1.82) is 0 Å². The number of rotatable bonds is 5. The molecule has 0 bridgehead atoms. The standard InChI is InChI=1S/C16H20FN3/c1-4-20(15-7-5-6-14(17)10-15)16-9-8-13(11-19-16)12(2)18-3/h5-12,18H,4H2,1-3H3. The highest BCUT2D eigenvalue weighted by Crippen LogP contribution is 2.24. The number of nitrogens with zero attached hydrogens (tertiary/aromatic N) is 2. The van der Waals surface area contributed by atoms with Gasteiger partial charge in [-0.2, -0.15) is 0 Å². The molecule has 0 fully saturated rings. The molecule has 0 radical (unpaired) electrons. The van der Waals surface area contributed by atoms with Crippen LogP contribution in [-0.4, -0.2) is 18.6 Å². The van der Waals surface area contributed by atoms with Gasteiger partial charge in [0, 0.05) is 24.5 Å². The third-order valence-corrected chi connectivity index (χ3v) is 3.42. The van der Waals surface area contributed by atoms with Gasteiger partial charge in [0.25, 0.3) is 0 Å². The van der Waals surface area contributed by atoms with Crippen LogP contribution in [0.25, 0.3) is 0 Å². The number of hydrogen-bond acceptors (Lipinski definition) is 3. The molecule has 1 atom stereocenters. The molecule has 0 spiro atoms. The fourth-order valence-electron chi connectivity index (χ4n) is 2.10. The summed E-state index contributed by atoms with van der Waals surface area (Å²) in [6.07, 6.45) is 1.86. The first-order valence-electron chi connectivity index (χ1n) is 6.82. The third-order valence-electron chi connectivity index (χ3n) is 3.42. The molecule has 1 N–H and O–H groups in total. The van der Waals surface area contributed by atoms with Crippen molar-refractivity contribution in [3.63, 3.8) is 0 Å². The summed E-state index contributed by atoms with van der Waals surface area (Å²) in [6, 6.07) is 10.9. The highest BCUT2D eigenvalue weighted by Gasteiger charge is 2.10. The molecule has 2 rings (SSSR count). The van der Waals surface area contributed by atoms with E-state index in [1.165, 1.54) is 12.1 Å². The van der Waals surface area contributed by atoms with E-state index in [4.69, 9.17) is 0 Å². The van der Waals surface area contributed by atoms with E-state index >= 15 is 0 Å². The van der Waals surface area contributed by atoms with E-state index in [-0.39, 0.29) is 11.9 Å². The minimum Gasteiger partial charge on any atom is -0.327 e. The van der Waals surface area contributed by atoms with Crippen molar-refractivity contribution in [2.45, 2.75) is 19.9 Å². The molecular weight excluding hydrogens is 253 g/mol. The molecule has 0 saturated carbocycles. The van der Waals surface area contributed by atoms with Gasteiger partial charge in [0.05, 0.1) is 0 Å². The number of hydrogen-bond donors (Lipinski definition) is 1. The topological polar surface area (TPSA) is 28.2 Å². The van der Waals surface area contributed by atoms with Crippen molar-refractivity contribution in [3.05, 3.63) is 54.0 Å². The Morgan fingerprint density at radius 3 is 2.65 bits per heavy atom. The van der Waals surface area contributed by atoms with Gasteiger partial charge in [-0.3, -0.25) is 0 Å². The molecule has 1 aromatic carbocycles. The summed E-state index contributed by atoms with van der Waals surface area (Å²) in [6.45, 7) is 4.84. The lowest BCUT2D eigenvalue weighted by Gasteiger charge is -2.22. The van der Waals surface area contributed by atoms with Gasteiger partial charge in [0.15, 0.2) is 0 Å². The highest BCUT2D eigenvalue weighted by atomic mass is 19.1. The van der Waals surface area contributed by atoms with Crippen LogP contribution in [0.4, 0.5) is 15.9 Å². The van der Waals surface area contributed by atoms with E-state index in [9.17, 15) is 4.39 Å². The van der Waals surface area contributed by atoms with Crippen molar-refractivity contribution >= 4 is 11.5 Å². The average molecular weight is 273 g/mol. The van der Waals surface area contributed by atoms with Crippen LogP contribution >= 0.6 is 0 Å². The van der Waals surface area contributed by atoms with Crippen LogP contribution in [0, 0.1) is 5.82 Å². The van der Waals surface area contributed by atoms with Gasteiger partial charge in [-0.1, -0.05) is 12.1 Å². The molecule has 1 heterocycles. The van der Waals surface area contributed by atoms with Gasteiger partial charge in [-0.05, 0) is 50.7 Å². The predicted octanol–water partition coefficient (Wildman–Crippen LogP) is 3.66. The lowest BCUT2D eigenvalue weighted by Crippen LogP contribution is -2.18. The second kappa shape index (κ2) is 6.48. The third kappa shape index (κ3) is 3.14. The van der Waals surface area contributed by atoms with Crippen molar-refractivity contribution < 1.29 is 4.39 Å². The van der Waals surface area contributed by atoms with Gasteiger partial charge >= 0.3 is 0 Å². The average Bonchev–Trinajstić information content (AvgIpc) is 2.48. The van der Waals surface area contributed by atoms with Crippen LogP contribution < -0.4 is 10.2 Å². The summed E-state index contributed by atoms with van der Waals surface area (Å²) in [5, 5.41) is 3.18. The molecule has 1 unspecified atom stereocenters. The maximum absolute atomic E-state index is 13.3. The highest BCUT2D eigenvalue weighted by molar-refractivity contribution is 5.59. The molecule has 3 nitrogen and oxygen atoms in total. The molecule has 0 saturated heterocycles. The van der Waals surface area contributed by atoms with Gasteiger partial charge in [-0.15, -0.1) is 0 Å². The Balaban J connectivity index is 2.28. The zero-order chi connectivity index (χ0) is 14.5. The van der Waals surface area contributed by atoms with Crippen molar-refractivity contribution in [2.75, 3.05) is 18.5 Å². The molecule has 1 aromatic heterocycles. The first-order valence-corrected chi connectivity index (χ1v) is 6.82. The molecule has 106 valence electrons. The first kappa shape index (κ1) is 14.5. The van der Waals surface area contributed by atoms with E-state index in [1.54, 1.807) is 6.07 Å². The number of halogens is 1. The van der Waals surface area contributed by atoms with Crippen LogP contribution in [0.3, 0.4) is 0 Å². The summed E-state index contributed by atoms with van der Waals surface area (Å²) < 4.78 is 13.3. The molecule has 0 aliphatic carbocycles. The molecule has 0 aliphatic rings. The molecule has 2 aromatic rings. The molecule has 20 heavy (non-hydrogen) atoms. The normalized spacial score (nSPS) is 12.2. The Morgan fingerprint density at radius 2 is 2.10 bits per heavy atom. The lowest BCUT2D eigenvalue weighted by atomic mass is 10.1. The zero-order valence-corrected chi connectivity index (χ0v) is 12.1. The molecular formula is C16H20FN3. The van der Waals surface area contributed by atoms with Gasteiger partial charge in [-0.25, -0.2) is 9.37 Å². The van der Waals surface area contributed by atoms with E-state index in [0.29, 0.717) is 0 Å². The number of anilines is 2. The summed E-state index contributed by atoms with van der Waals surface area (Å²) in [5.74, 6) is 0.589. The molecule has 0 amide bonds. The minimum atomic E-state index is -0.235. The first-order chi connectivity index (χ1) is 9.65. The fourth-order valence-corrected chi connectivity index (χ4v) is 2.10. The predicted molar refractivity (Wildman–Crippen MR) is 80.8 cm³/mol. The quantitative estimate of drug-likeness (QED) is 0.901. The molecule has 0 aliphatic heterocycles. The monoisotopic (exact) mass is 273 g/mol. The number of pyridine rings is 1. The lowest BCUT2D eigenvalue weighted by molar-refractivity contribution is 0.627. The van der Waals surface area contributed by atoms with Crippen molar-refractivity contribution in [1.82, 2.24) is 10.3 Å². The Labute approximate surface area is 119 Å². The van der Waals surface area contributed by atoms with Crippen LogP contribution in [0.15, 0.2) is 42.6 Å². The molecule has 4 heteroatoms. The Hall–Kier alpha value is -1.94. The van der Waals surface area contributed by atoms with Gasteiger partial charge in [0.2, 0.25) is 0 Å². The van der Waals surface area contributed by atoms with Gasteiger partial charge in [0.1, 0.15) is 11.6 Å². The maximum Gasteiger partial charge on any atom is 0.132 e. The Kier molecular flexibility index (Phi) is 4.69. The summed E-state index contributed by atoms with van der Waals surface area (Å²) in [7, 11) is 1.92. The number of aromatic nitrogens is 1. The Morgan fingerprint density at radius 1 is 1.30 bits per heavy atom. The minimum absolute atomic E-state index is 0.235. The summed E-state index contributed by atoms with van der Waals surface area (Å²) >= 11 is 0. The summed E-state index contributed by atoms with van der Waals surface area (Å²) in [4.78, 5) is 6.47. The summed E-state index contributed by atoms with van der Waals surface area (Å²) in [5.41, 5.74) is 1.95. The SMILES string of the molecule is CCN(c1cccc(F)c1)c1ccc(C(C)NC)cn1. The smallest absolute Gasteiger partial charge is 0.132 e.